The van der Waals surface area contributed by atoms with Gasteiger partial charge in [-0.25, -0.2) is 4.39 Å². The number of nitrogens with zero attached hydrogens (tertiary/aromatic N) is 2. The van der Waals surface area contributed by atoms with Gasteiger partial charge in [0.05, 0.1) is 0 Å². The van der Waals surface area contributed by atoms with Crippen LogP contribution < -0.4 is 10.1 Å². The Bertz CT molecular complexity index is 537. The Morgan fingerprint density at radius 1 is 1.25 bits per heavy atom. The molecule has 0 saturated carbocycles. The third kappa shape index (κ3) is 4.59. The van der Waals surface area contributed by atoms with Gasteiger partial charge in [-0.3, -0.25) is 9.69 Å². The summed E-state index contributed by atoms with van der Waals surface area (Å²) in [5.74, 6) is 0.215. The van der Waals surface area contributed by atoms with Gasteiger partial charge in [0.2, 0.25) is 0 Å². The molecule has 0 bridgehead atoms. The van der Waals surface area contributed by atoms with Crippen LogP contribution in [0.2, 0.25) is 0 Å². The Morgan fingerprint density at radius 3 is 2.58 bits per heavy atom. The lowest BCUT2D eigenvalue weighted by Crippen LogP contribution is -2.50. The predicted molar refractivity (Wildman–Crippen MR) is 93.2 cm³/mol. The van der Waals surface area contributed by atoms with E-state index in [9.17, 15) is 9.18 Å². The van der Waals surface area contributed by atoms with E-state index in [4.69, 9.17) is 4.74 Å². The standard InChI is InChI=1S/C17H24FN3O2.ClH/c1-13(23-16-4-2-14(18)3-5-16)17(22)21-9-6-15(12-21)20-10-7-19-8-11-20;/h2-5,13,15,19H,6-12H2,1H3;1H. The maximum atomic E-state index is 12.9. The SMILES string of the molecule is CC(Oc1ccc(F)cc1)C(=O)N1CCC(N2CCNCC2)C1.Cl. The lowest BCUT2D eigenvalue weighted by atomic mass is 10.2. The number of likely N-dealkylation sites (tertiary alicyclic amines) is 1. The Hall–Kier alpha value is -1.37. The summed E-state index contributed by atoms with van der Waals surface area (Å²) in [6, 6.07) is 6.23. The molecular weight excluding hydrogens is 333 g/mol. The summed E-state index contributed by atoms with van der Waals surface area (Å²) in [5, 5.41) is 3.35. The molecule has 0 radical (unpaired) electrons. The highest BCUT2D eigenvalue weighted by molar-refractivity contribution is 5.85. The molecule has 7 heteroatoms. The molecule has 3 rings (SSSR count). The number of amides is 1. The molecule has 2 saturated heterocycles. The monoisotopic (exact) mass is 357 g/mol. The molecule has 5 nitrogen and oxygen atoms in total. The van der Waals surface area contributed by atoms with Crippen LogP contribution in [0, 0.1) is 5.82 Å². The smallest absolute Gasteiger partial charge is 0.263 e. The van der Waals surface area contributed by atoms with E-state index in [0.717, 1.165) is 45.7 Å². The molecule has 2 aliphatic rings. The number of ether oxygens (including phenoxy) is 1. The molecule has 0 spiro atoms. The number of hydrogen-bond acceptors (Lipinski definition) is 4. The fourth-order valence-corrected chi connectivity index (χ4v) is 3.31. The minimum absolute atomic E-state index is 0. The third-order valence-electron chi connectivity index (χ3n) is 4.62. The second-order valence-electron chi connectivity index (χ2n) is 6.23. The number of piperazine rings is 1. The van der Waals surface area contributed by atoms with E-state index < -0.39 is 6.10 Å². The number of nitrogens with one attached hydrogen (secondary N) is 1. The van der Waals surface area contributed by atoms with Crippen LogP contribution in [0.3, 0.4) is 0 Å². The van der Waals surface area contributed by atoms with Crippen molar-refractivity contribution in [1.82, 2.24) is 15.1 Å². The van der Waals surface area contributed by atoms with Crippen LogP contribution in [0.1, 0.15) is 13.3 Å². The summed E-state index contributed by atoms with van der Waals surface area (Å²) in [6.07, 6.45) is 0.469. The van der Waals surface area contributed by atoms with Gasteiger partial charge in [0, 0.05) is 45.3 Å². The van der Waals surface area contributed by atoms with Crippen LogP contribution in [-0.4, -0.2) is 67.1 Å². The first-order valence-corrected chi connectivity index (χ1v) is 8.29. The number of rotatable bonds is 4. The van der Waals surface area contributed by atoms with Gasteiger partial charge in [0.1, 0.15) is 11.6 Å². The van der Waals surface area contributed by atoms with Crippen molar-refractivity contribution < 1.29 is 13.9 Å². The number of halogens is 2. The molecule has 2 atom stereocenters. The highest BCUT2D eigenvalue weighted by Gasteiger charge is 2.33. The zero-order valence-corrected chi connectivity index (χ0v) is 14.7. The Morgan fingerprint density at radius 2 is 1.92 bits per heavy atom. The summed E-state index contributed by atoms with van der Waals surface area (Å²) in [5.41, 5.74) is 0. The fourth-order valence-electron chi connectivity index (χ4n) is 3.31. The molecule has 2 unspecified atom stereocenters. The Labute approximate surface area is 148 Å². The van der Waals surface area contributed by atoms with Crippen LogP contribution >= 0.6 is 12.4 Å². The highest BCUT2D eigenvalue weighted by atomic mass is 35.5. The van der Waals surface area contributed by atoms with Gasteiger partial charge in [-0.05, 0) is 37.6 Å². The molecule has 1 amide bonds. The van der Waals surface area contributed by atoms with E-state index in [1.165, 1.54) is 12.1 Å². The van der Waals surface area contributed by atoms with Gasteiger partial charge in [0.15, 0.2) is 6.10 Å². The molecule has 2 heterocycles. The zero-order valence-electron chi connectivity index (χ0n) is 13.9. The average molecular weight is 358 g/mol. The first-order valence-electron chi connectivity index (χ1n) is 8.29. The third-order valence-corrected chi connectivity index (χ3v) is 4.62. The summed E-state index contributed by atoms with van der Waals surface area (Å²) in [6.45, 7) is 7.45. The van der Waals surface area contributed by atoms with Gasteiger partial charge in [-0.15, -0.1) is 12.4 Å². The van der Waals surface area contributed by atoms with Crippen molar-refractivity contribution in [3.05, 3.63) is 30.1 Å². The van der Waals surface area contributed by atoms with Crippen LogP contribution in [0.15, 0.2) is 24.3 Å². The highest BCUT2D eigenvalue weighted by Crippen LogP contribution is 2.19. The topological polar surface area (TPSA) is 44.8 Å². The van der Waals surface area contributed by atoms with E-state index in [-0.39, 0.29) is 24.1 Å². The Kier molecular flexibility index (Phi) is 6.83. The van der Waals surface area contributed by atoms with Crippen molar-refractivity contribution in [1.29, 1.82) is 0 Å². The van der Waals surface area contributed by atoms with E-state index in [2.05, 4.69) is 10.2 Å². The molecule has 0 aromatic heterocycles. The second kappa shape index (κ2) is 8.65. The number of carbonyl (C=O) groups is 1. The van der Waals surface area contributed by atoms with E-state index >= 15 is 0 Å². The minimum Gasteiger partial charge on any atom is -0.481 e. The van der Waals surface area contributed by atoms with Gasteiger partial charge >= 0.3 is 0 Å². The number of benzene rings is 1. The quantitative estimate of drug-likeness (QED) is 0.887. The van der Waals surface area contributed by atoms with Gasteiger partial charge in [-0.1, -0.05) is 0 Å². The van der Waals surface area contributed by atoms with Crippen LogP contribution in [-0.2, 0) is 4.79 Å². The summed E-state index contributed by atoms with van der Waals surface area (Å²) < 4.78 is 18.6. The van der Waals surface area contributed by atoms with Gasteiger partial charge in [-0.2, -0.15) is 0 Å². The zero-order chi connectivity index (χ0) is 16.2. The van der Waals surface area contributed by atoms with Crippen LogP contribution in [0.25, 0.3) is 0 Å². The van der Waals surface area contributed by atoms with E-state index in [0.29, 0.717) is 11.8 Å². The molecular formula is C17H25ClFN3O2. The van der Waals surface area contributed by atoms with Crippen molar-refractivity contribution in [2.75, 3.05) is 39.3 Å². The summed E-state index contributed by atoms with van der Waals surface area (Å²) in [4.78, 5) is 16.9. The van der Waals surface area contributed by atoms with Gasteiger partial charge in [0.25, 0.3) is 5.91 Å². The first-order chi connectivity index (χ1) is 11.1. The van der Waals surface area contributed by atoms with E-state index in [1.807, 2.05) is 4.90 Å². The minimum atomic E-state index is -0.553. The predicted octanol–water partition coefficient (Wildman–Crippen LogP) is 1.52. The van der Waals surface area contributed by atoms with Crippen LogP contribution in [0.4, 0.5) is 4.39 Å². The first kappa shape index (κ1) is 19.0. The van der Waals surface area contributed by atoms with E-state index in [1.54, 1.807) is 19.1 Å². The average Bonchev–Trinajstić information content (AvgIpc) is 3.07. The lowest BCUT2D eigenvalue weighted by molar-refractivity contribution is -0.137. The van der Waals surface area contributed by atoms with Crippen molar-refractivity contribution in [2.24, 2.45) is 0 Å². The normalized spacial score (nSPS) is 22.8. The molecule has 1 aromatic carbocycles. The summed E-state index contributed by atoms with van der Waals surface area (Å²) in [7, 11) is 0. The van der Waals surface area contributed by atoms with Crippen molar-refractivity contribution in [3.8, 4) is 5.75 Å². The second-order valence-corrected chi connectivity index (χ2v) is 6.23. The number of hydrogen-bond donors (Lipinski definition) is 1. The lowest BCUT2D eigenvalue weighted by Gasteiger charge is -2.32. The maximum absolute atomic E-state index is 12.9. The molecule has 2 fully saturated rings. The largest absolute Gasteiger partial charge is 0.481 e. The molecule has 1 aromatic rings. The van der Waals surface area contributed by atoms with Crippen molar-refractivity contribution >= 4 is 18.3 Å². The molecule has 134 valence electrons. The fraction of sp³-hybridized carbons (Fsp3) is 0.588. The molecule has 0 aliphatic carbocycles. The summed E-state index contributed by atoms with van der Waals surface area (Å²) >= 11 is 0. The molecule has 1 N–H and O–H groups in total. The maximum Gasteiger partial charge on any atom is 0.263 e. The van der Waals surface area contributed by atoms with Crippen molar-refractivity contribution in [3.63, 3.8) is 0 Å². The van der Waals surface area contributed by atoms with Crippen LogP contribution in [0.5, 0.6) is 5.75 Å². The molecule has 24 heavy (non-hydrogen) atoms. The molecule has 2 aliphatic heterocycles. The number of carbonyl (C=O) groups excluding carboxylic acids is 1. The Balaban J connectivity index is 0.00000208. The van der Waals surface area contributed by atoms with Gasteiger partial charge < -0.3 is 15.0 Å². The van der Waals surface area contributed by atoms with Crippen molar-refractivity contribution in [2.45, 2.75) is 25.5 Å².